The predicted octanol–water partition coefficient (Wildman–Crippen LogP) is 3.84. The molecule has 0 radical (unpaired) electrons. The Morgan fingerprint density at radius 1 is 1.31 bits per heavy atom. The molecule has 1 aromatic heterocycles. The Balaban J connectivity index is 1.91. The molecule has 0 fully saturated rings. The number of pyridine rings is 1. The quantitative estimate of drug-likeness (QED) is 0.619. The summed E-state index contributed by atoms with van der Waals surface area (Å²) in [6.07, 6.45) is 2.99. The summed E-state index contributed by atoms with van der Waals surface area (Å²) < 4.78 is 5.03. The largest absolute Gasteiger partial charge is 0.449 e. The first-order valence-corrected chi connectivity index (χ1v) is 8.15. The Morgan fingerprint density at radius 2 is 2.00 bits per heavy atom. The van der Waals surface area contributed by atoms with E-state index in [2.05, 4.69) is 10.3 Å². The number of carbonyl (C=O) groups is 2. The van der Waals surface area contributed by atoms with Crippen LogP contribution in [0.25, 0.3) is 6.08 Å². The molecule has 0 spiro atoms. The van der Waals surface area contributed by atoms with Gasteiger partial charge in [0.1, 0.15) is 0 Å². The van der Waals surface area contributed by atoms with E-state index in [4.69, 9.17) is 33.2 Å². The van der Waals surface area contributed by atoms with Gasteiger partial charge in [-0.1, -0.05) is 35.3 Å². The first kappa shape index (κ1) is 19.4. The maximum absolute atomic E-state index is 12.1. The van der Waals surface area contributed by atoms with Gasteiger partial charge in [0.15, 0.2) is 11.9 Å². The van der Waals surface area contributed by atoms with Crippen molar-refractivity contribution in [2.24, 2.45) is 0 Å². The SMILES string of the molecule is C[C@H](OC(=O)/C=C/c1ccc(C#N)cc1)C(=O)Nc1ncc(Cl)cc1Cl. The van der Waals surface area contributed by atoms with Gasteiger partial charge in [0.2, 0.25) is 0 Å². The number of halogens is 2. The Kier molecular flexibility index (Phi) is 6.73. The lowest BCUT2D eigenvalue weighted by Crippen LogP contribution is -2.29. The summed E-state index contributed by atoms with van der Waals surface area (Å²) in [5.74, 6) is -1.15. The van der Waals surface area contributed by atoms with Crippen LogP contribution in [0, 0.1) is 11.3 Å². The highest BCUT2D eigenvalue weighted by atomic mass is 35.5. The third-order valence-electron chi connectivity index (χ3n) is 3.16. The Morgan fingerprint density at radius 3 is 2.62 bits per heavy atom. The topological polar surface area (TPSA) is 92.1 Å². The molecule has 8 heteroatoms. The van der Waals surface area contributed by atoms with Gasteiger partial charge in [0, 0.05) is 12.3 Å². The van der Waals surface area contributed by atoms with Gasteiger partial charge in [-0.15, -0.1) is 0 Å². The molecule has 2 rings (SSSR count). The van der Waals surface area contributed by atoms with Crippen molar-refractivity contribution in [2.45, 2.75) is 13.0 Å². The summed E-state index contributed by atoms with van der Waals surface area (Å²) >= 11 is 11.7. The van der Waals surface area contributed by atoms with Gasteiger partial charge >= 0.3 is 5.97 Å². The van der Waals surface area contributed by atoms with E-state index in [1.54, 1.807) is 24.3 Å². The highest BCUT2D eigenvalue weighted by Gasteiger charge is 2.18. The van der Waals surface area contributed by atoms with Crippen LogP contribution in [0.15, 0.2) is 42.6 Å². The van der Waals surface area contributed by atoms with Crippen molar-refractivity contribution < 1.29 is 14.3 Å². The summed E-state index contributed by atoms with van der Waals surface area (Å²) in [4.78, 5) is 27.8. The standard InChI is InChI=1S/C18H13Cl2N3O3/c1-11(18(25)23-17-15(20)8-14(19)10-22-17)26-16(24)7-6-12-2-4-13(9-21)5-3-12/h2-8,10-11H,1H3,(H,22,23,25)/b7-6+/t11-/m0/s1. The molecule has 0 bridgehead atoms. The van der Waals surface area contributed by atoms with E-state index in [-0.39, 0.29) is 10.8 Å². The number of hydrogen-bond acceptors (Lipinski definition) is 5. The number of nitriles is 1. The molecule has 1 aromatic carbocycles. The summed E-state index contributed by atoms with van der Waals surface area (Å²) in [6.45, 7) is 1.42. The molecule has 1 N–H and O–H groups in total. The van der Waals surface area contributed by atoms with E-state index in [1.165, 1.54) is 31.3 Å². The molecule has 0 aliphatic carbocycles. The number of esters is 1. The van der Waals surface area contributed by atoms with E-state index in [1.807, 2.05) is 6.07 Å². The summed E-state index contributed by atoms with van der Waals surface area (Å²) in [5, 5.41) is 11.7. The van der Waals surface area contributed by atoms with Crippen LogP contribution in [0.1, 0.15) is 18.1 Å². The Bertz CT molecular complexity index is 890. The fraction of sp³-hybridized carbons (Fsp3) is 0.111. The van der Waals surface area contributed by atoms with Crippen LogP contribution in [0.4, 0.5) is 5.82 Å². The summed E-state index contributed by atoms with van der Waals surface area (Å²) in [7, 11) is 0. The van der Waals surface area contributed by atoms with Crippen LogP contribution in [0.2, 0.25) is 10.0 Å². The van der Waals surface area contributed by atoms with E-state index in [9.17, 15) is 9.59 Å². The third-order valence-corrected chi connectivity index (χ3v) is 3.66. The number of anilines is 1. The predicted molar refractivity (Wildman–Crippen MR) is 98.6 cm³/mol. The van der Waals surface area contributed by atoms with Crippen molar-refractivity contribution in [3.05, 3.63) is 63.8 Å². The van der Waals surface area contributed by atoms with Crippen LogP contribution in [-0.4, -0.2) is 23.0 Å². The van der Waals surface area contributed by atoms with Gasteiger partial charge in [0.25, 0.3) is 5.91 Å². The molecule has 6 nitrogen and oxygen atoms in total. The maximum atomic E-state index is 12.1. The molecule has 2 aromatic rings. The van der Waals surface area contributed by atoms with E-state index in [0.29, 0.717) is 10.6 Å². The van der Waals surface area contributed by atoms with Gasteiger partial charge in [0.05, 0.1) is 21.7 Å². The zero-order valence-electron chi connectivity index (χ0n) is 13.6. The zero-order valence-corrected chi connectivity index (χ0v) is 15.1. The highest BCUT2D eigenvalue weighted by Crippen LogP contribution is 2.22. The summed E-state index contributed by atoms with van der Waals surface area (Å²) in [5.41, 5.74) is 1.24. The van der Waals surface area contributed by atoms with Gasteiger partial charge in [-0.25, -0.2) is 9.78 Å². The average Bonchev–Trinajstić information content (AvgIpc) is 2.62. The van der Waals surface area contributed by atoms with Crippen molar-refractivity contribution in [3.63, 3.8) is 0 Å². The lowest BCUT2D eigenvalue weighted by molar-refractivity contribution is -0.148. The van der Waals surface area contributed by atoms with E-state index in [0.717, 1.165) is 5.56 Å². The number of nitrogens with one attached hydrogen (secondary N) is 1. The number of nitrogens with zero attached hydrogens (tertiary/aromatic N) is 2. The molecular weight excluding hydrogens is 377 g/mol. The van der Waals surface area contributed by atoms with Crippen LogP contribution in [0.3, 0.4) is 0 Å². The lowest BCUT2D eigenvalue weighted by atomic mass is 10.1. The minimum absolute atomic E-state index is 0.122. The molecule has 0 saturated carbocycles. The van der Waals surface area contributed by atoms with Crippen molar-refractivity contribution in [3.8, 4) is 6.07 Å². The minimum atomic E-state index is -1.05. The van der Waals surface area contributed by atoms with Gasteiger partial charge < -0.3 is 10.1 Å². The van der Waals surface area contributed by atoms with Crippen LogP contribution >= 0.6 is 23.2 Å². The number of ether oxygens (including phenoxy) is 1. The molecular formula is C18H13Cl2N3O3. The molecule has 1 heterocycles. The molecule has 0 aliphatic rings. The van der Waals surface area contributed by atoms with E-state index >= 15 is 0 Å². The molecule has 0 saturated heterocycles. The number of hydrogen-bond donors (Lipinski definition) is 1. The van der Waals surface area contributed by atoms with E-state index < -0.39 is 18.0 Å². The molecule has 0 aliphatic heterocycles. The average molecular weight is 390 g/mol. The summed E-state index contributed by atoms with van der Waals surface area (Å²) in [6, 6.07) is 10.1. The Labute approximate surface area is 160 Å². The number of rotatable bonds is 5. The second-order valence-corrected chi connectivity index (χ2v) is 5.96. The first-order valence-electron chi connectivity index (χ1n) is 7.40. The number of amides is 1. The Hall–Kier alpha value is -2.88. The van der Waals surface area contributed by atoms with Crippen molar-refractivity contribution in [1.29, 1.82) is 5.26 Å². The first-order chi connectivity index (χ1) is 12.4. The molecule has 1 atom stereocenters. The second-order valence-electron chi connectivity index (χ2n) is 5.12. The zero-order chi connectivity index (χ0) is 19.1. The molecule has 1 amide bonds. The number of carbonyl (C=O) groups excluding carboxylic acids is 2. The third kappa shape index (κ3) is 5.59. The van der Waals surface area contributed by atoms with Gasteiger partial charge in [-0.3, -0.25) is 4.79 Å². The highest BCUT2D eigenvalue weighted by molar-refractivity contribution is 6.36. The van der Waals surface area contributed by atoms with Crippen LogP contribution in [-0.2, 0) is 14.3 Å². The van der Waals surface area contributed by atoms with Crippen LogP contribution in [0.5, 0.6) is 0 Å². The number of benzene rings is 1. The van der Waals surface area contributed by atoms with Gasteiger partial charge in [-0.05, 0) is 36.8 Å². The van der Waals surface area contributed by atoms with Crippen LogP contribution < -0.4 is 5.32 Å². The maximum Gasteiger partial charge on any atom is 0.331 e. The molecule has 26 heavy (non-hydrogen) atoms. The second kappa shape index (κ2) is 8.99. The lowest BCUT2D eigenvalue weighted by Gasteiger charge is -2.12. The van der Waals surface area contributed by atoms with Crippen molar-refractivity contribution >= 4 is 47.0 Å². The normalized spacial score (nSPS) is 11.6. The fourth-order valence-corrected chi connectivity index (χ4v) is 2.25. The fourth-order valence-electron chi connectivity index (χ4n) is 1.82. The molecule has 0 unspecified atom stereocenters. The monoisotopic (exact) mass is 389 g/mol. The van der Waals surface area contributed by atoms with Crippen molar-refractivity contribution in [2.75, 3.05) is 5.32 Å². The number of aromatic nitrogens is 1. The smallest absolute Gasteiger partial charge is 0.331 e. The molecule has 132 valence electrons. The van der Waals surface area contributed by atoms with Crippen molar-refractivity contribution in [1.82, 2.24) is 4.98 Å². The van der Waals surface area contributed by atoms with Gasteiger partial charge in [-0.2, -0.15) is 5.26 Å². The minimum Gasteiger partial charge on any atom is -0.449 e.